The Balaban J connectivity index is 1.35. The molecule has 216 valence electrons. The second-order valence-electron chi connectivity index (χ2n) is 8.46. The fourth-order valence-corrected chi connectivity index (χ4v) is 3.70. The molecule has 0 saturated carbocycles. The number of nitrogens with one attached hydrogen (secondary N) is 1. The number of nitrogens with two attached hydrogens (primary N) is 1. The number of ether oxygens (including phenoxy) is 4. The Kier molecular flexibility index (Phi) is 7.59. The molecule has 0 radical (unpaired) electrons. The van der Waals surface area contributed by atoms with E-state index in [0.717, 1.165) is 10.9 Å². The van der Waals surface area contributed by atoms with E-state index < -0.39 is 30.1 Å². The molecule has 5 rings (SSSR count). The van der Waals surface area contributed by atoms with Crippen molar-refractivity contribution in [1.82, 2.24) is 29.7 Å². The van der Waals surface area contributed by atoms with Crippen molar-refractivity contribution in [3.63, 3.8) is 0 Å². The number of benzene rings is 1. The highest BCUT2D eigenvalue weighted by molar-refractivity contribution is 6.04. The smallest absolute Gasteiger partial charge is 0.422 e. The molecule has 1 amide bonds. The Morgan fingerprint density at radius 3 is 2.40 bits per heavy atom. The molecule has 4 aromatic heterocycles. The minimum Gasteiger partial charge on any atom is -0.493 e. The van der Waals surface area contributed by atoms with Crippen molar-refractivity contribution in [1.29, 1.82) is 0 Å². The topological polar surface area (TPSA) is 161 Å². The fourth-order valence-electron chi connectivity index (χ4n) is 3.70. The van der Waals surface area contributed by atoms with E-state index >= 15 is 0 Å². The number of carbonyl (C=O) groups is 1. The number of nitrogen functional groups attached to an aromatic ring is 1. The number of amides is 1. The average molecular weight is 582 g/mol. The van der Waals surface area contributed by atoms with Gasteiger partial charge in [0.2, 0.25) is 0 Å². The van der Waals surface area contributed by atoms with E-state index in [1.54, 1.807) is 30.5 Å². The summed E-state index contributed by atoms with van der Waals surface area (Å²) in [5.41, 5.74) is 5.69. The molecule has 5 aromatic rings. The highest BCUT2D eigenvalue weighted by atomic mass is 19.4. The number of fused-ring (bicyclic) bond motifs is 1. The number of methoxy groups -OCH3 is 2. The maximum atomic E-state index is 13.0. The third-order valence-corrected chi connectivity index (χ3v) is 5.59. The van der Waals surface area contributed by atoms with Gasteiger partial charge in [-0.2, -0.15) is 18.3 Å². The van der Waals surface area contributed by atoms with Gasteiger partial charge in [-0.05, 0) is 24.3 Å². The molecule has 0 aliphatic heterocycles. The molecule has 16 heteroatoms. The van der Waals surface area contributed by atoms with Crippen LogP contribution in [0.15, 0.2) is 61.3 Å². The predicted molar refractivity (Wildman–Crippen MR) is 142 cm³/mol. The first-order valence-corrected chi connectivity index (χ1v) is 12.0. The van der Waals surface area contributed by atoms with Crippen molar-refractivity contribution in [2.45, 2.75) is 6.18 Å². The van der Waals surface area contributed by atoms with Crippen LogP contribution in [0, 0.1) is 0 Å². The number of halogens is 3. The summed E-state index contributed by atoms with van der Waals surface area (Å²) in [7, 11) is 3.03. The van der Waals surface area contributed by atoms with Gasteiger partial charge in [0.05, 0.1) is 44.5 Å². The monoisotopic (exact) mass is 582 g/mol. The summed E-state index contributed by atoms with van der Waals surface area (Å²) in [6.07, 6.45) is 1.81. The van der Waals surface area contributed by atoms with Gasteiger partial charge in [-0.1, -0.05) is 0 Å². The van der Waals surface area contributed by atoms with Gasteiger partial charge in [-0.3, -0.25) is 9.78 Å². The normalized spacial score (nSPS) is 11.3. The van der Waals surface area contributed by atoms with Crippen LogP contribution in [0.25, 0.3) is 16.7 Å². The maximum Gasteiger partial charge on any atom is 0.422 e. The van der Waals surface area contributed by atoms with Crippen LogP contribution in [0.2, 0.25) is 0 Å². The van der Waals surface area contributed by atoms with Crippen LogP contribution in [-0.4, -0.2) is 62.6 Å². The summed E-state index contributed by atoms with van der Waals surface area (Å²) in [6.45, 7) is -1.64. The highest BCUT2D eigenvalue weighted by Gasteiger charge is 2.30. The number of hydrogen-bond donors (Lipinski definition) is 2. The second-order valence-corrected chi connectivity index (χ2v) is 8.46. The van der Waals surface area contributed by atoms with Crippen LogP contribution in [0.3, 0.4) is 0 Å². The van der Waals surface area contributed by atoms with Gasteiger partial charge < -0.3 is 30.0 Å². The Morgan fingerprint density at radius 1 is 0.952 bits per heavy atom. The molecule has 0 aliphatic carbocycles. The Hall–Kier alpha value is -5.67. The van der Waals surface area contributed by atoms with Crippen LogP contribution in [0.5, 0.6) is 28.7 Å². The molecule has 4 heterocycles. The first-order chi connectivity index (χ1) is 20.1. The van der Waals surface area contributed by atoms with Gasteiger partial charge in [-0.15, -0.1) is 0 Å². The lowest BCUT2D eigenvalue weighted by atomic mass is 10.2. The number of pyridine rings is 2. The van der Waals surface area contributed by atoms with Crippen molar-refractivity contribution in [3.8, 4) is 34.6 Å². The van der Waals surface area contributed by atoms with Crippen molar-refractivity contribution < 1.29 is 36.9 Å². The molecule has 0 atom stereocenters. The van der Waals surface area contributed by atoms with E-state index in [-0.39, 0.29) is 17.5 Å². The number of aromatic nitrogens is 6. The van der Waals surface area contributed by atoms with Gasteiger partial charge in [0.1, 0.15) is 23.1 Å². The second kappa shape index (κ2) is 11.4. The van der Waals surface area contributed by atoms with E-state index in [9.17, 15) is 18.0 Å². The predicted octanol–water partition coefficient (Wildman–Crippen LogP) is 4.19. The molecular formula is C26H21F3N8O5. The molecule has 42 heavy (non-hydrogen) atoms. The van der Waals surface area contributed by atoms with E-state index in [1.807, 2.05) is 0 Å². The van der Waals surface area contributed by atoms with Crippen LogP contribution in [0.4, 0.5) is 24.8 Å². The van der Waals surface area contributed by atoms with Gasteiger partial charge in [0.25, 0.3) is 5.91 Å². The molecule has 0 spiro atoms. The molecule has 0 saturated heterocycles. The van der Waals surface area contributed by atoms with Crippen molar-refractivity contribution in [3.05, 3.63) is 67.0 Å². The first kappa shape index (κ1) is 27.9. The van der Waals surface area contributed by atoms with Crippen LogP contribution in [-0.2, 0) is 0 Å². The quantitative estimate of drug-likeness (QED) is 0.256. The molecule has 1 aromatic carbocycles. The summed E-state index contributed by atoms with van der Waals surface area (Å²) in [5, 5.41) is 7.16. The molecular weight excluding hydrogens is 561 g/mol. The zero-order chi connectivity index (χ0) is 29.9. The minimum atomic E-state index is -4.65. The zero-order valence-electron chi connectivity index (χ0n) is 21.9. The van der Waals surface area contributed by atoms with E-state index in [0.29, 0.717) is 33.9 Å². The number of rotatable bonds is 9. The van der Waals surface area contributed by atoms with Crippen LogP contribution in [0.1, 0.15) is 10.5 Å². The lowest BCUT2D eigenvalue weighted by molar-refractivity contribution is -0.153. The number of hydrogen-bond acceptors (Lipinski definition) is 11. The number of alkyl halides is 3. The van der Waals surface area contributed by atoms with E-state index in [1.165, 1.54) is 38.9 Å². The number of nitrogens with zero attached hydrogens (tertiary/aromatic N) is 6. The van der Waals surface area contributed by atoms with E-state index in [2.05, 4.69) is 30.4 Å². The maximum absolute atomic E-state index is 13.0. The summed E-state index contributed by atoms with van der Waals surface area (Å²) < 4.78 is 61.0. The Labute approximate surface area is 235 Å². The van der Waals surface area contributed by atoms with Gasteiger partial charge in [-0.25, -0.2) is 19.6 Å². The molecule has 0 aliphatic rings. The Morgan fingerprint density at radius 2 is 1.74 bits per heavy atom. The lowest BCUT2D eigenvalue weighted by Crippen LogP contribution is -2.21. The van der Waals surface area contributed by atoms with Gasteiger partial charge in [0.15, 0.2) is 35.4 Å². The van der Waals surface area contributed by atoms with Crippen molar-refractivity contribution in [2.24, 2.45) is 0 Å². The van der Waals surface area contributed by atoms with Gasteiger partial charge >= 0.3 is 6.18 Å². The first-order valence-electron chi connectivity index (χ1n) is 12.0. The van der Waals surface area contributed by atoms with Crippen molar-refractivity contribution >= 4 is 28.4 Å². The molecule has 0 bridgehead atoms. The summed E-state index contributed by atoms with van der Waals surface area (Å²) >= 11 is 0. The van der Waals surface area contributed by atoms with Crippen LogP contribution < -0.4 is 30.0 Å². The summed E-state index contributed by atoms with van der Waals surface area (Å²) in [4.78, 5) is 29.3. The third kappa shape index (κ3) is 6.22. The van der Waals surface area contributed by atoms with E-state index in [4.69, 9.17) is 24.7 Å². The largest absolute Gasteiger partial charge is 0.493 e. The Bertz CT molecular complexity index is 1730. The highest BCUT2D eigenvalue weighted by Crippen LogP contribution is 2.37. The molecule has 0 unspecified atom stereocenters. The zero-order valence-corrected chi connectivity index (χ0v) is 21.9. The summed E-state index contributed by atoms with van der Waals surface area (Å²) in [6, 6.07) is 8.09. The number of anilines is 2. The fraction of sp³-hybridized carbons (Fsp3) is 0.154. The lowest BCUT2D eigenvalue weighted by Gasteiger charge is -2.12. The van der Waals surface area contributed by atoms with Crippen molar-refractivity contribution in [2.75, 3.05) is 31.9 Å². The molecule has 3 N–H and O–H groups in total. The minimum absolute atomic E-state index is 0.0712. The average Bonchev–Trinajstić information content (AvgIpc) is 3.41. The molecule has 0 fully saturated rings. The van der Waals surface area contributed by atoms with Gasteiger partial charge in [0, 0.05) is 17.6 Å². The third-order valence-electron chi connectivity index (χ3n) is 5.59. The molecule has 13 nitrogen and oxygen atoms in total. The van der Waals surface area contributed by atoms with Crippen LogP contribution >= 0.6 is 0 Å². The number of carbonyl (C=O) groups excluding carboxylic acids is 1. The summed E-state index contributed by atoms with van der Waals surface area (Å²) in [5.74, 6) is 0.766. The SMILES string of the molecule is COc1cc2nccc(Oc3ccc(NC(=O)c4nn(-c5cnc(N)cn5)cc4OCC(F)(F)F)nc3)c2cc1OC. The standard InChI is InChI=1S/C26H21F3N8O5/c1-39-18-7-15-16(8-19(18)40-2)31-6-5-17(15)42-14-3-4-22(33-9-14)35-25(38)24-20(41-13-26(27,28)29)12-37(36-24)23-11-32-21(30)10-34-23/h3-12H,13H2,1-2H3,(H2,30,32)(H,33,35,38).